The van der Waals surface area contributed by atoms with Crippen LogP contribution >= 0.6 is 11.8 Å². The smallest absolute Gasteiger partial charge is 0.326 e. The van der Waals surface area contributed by atoms with Crippen LogP contribution in [0.2, 0.25) is 0 Å². The third-order valence-electron chi connectivity index (χ3n) is 2.86. The van der Waals surface area contributed by atoms with Crippen LogP contribution in [0.25, 0.3) is 0 Å². The van der Waals surface area contributed by atoms with Gasteiger partial charge < -0.3 is 15.7 Å². The Morgan fingerprint density at radius 1 is 1.25 bits per heavy atom. The van der Waals surface area contributed by atoms with Gasteiger partial charge in [0.2, 0.25) is 0 Å². The summed E-state index contributed by atoms with van der Waals surface area (Å²) >= 11 is 1.55. The number of rotatable bonds is 7. The van der Waals surface area contributed by atoms with Gasteiger partial charge >= 0.3 is 12.0 Å². The Bertz CT molecular complexity index is 439. The maximum absolute atomic E-state index is 11.8. The molecule has 1 unspecified atom stereocenters. The highest BCUT2D eigenvalue weighted by atomic mass is 32.2. The van der Waals surface area contributed by atoms with Crippen LogP contribution in [0.5, 0.6) is 0 Å². The fourth-order valence-electron chi connectivity index (χ4n) is 1.71. The van der Waals surface area contributed by atoms with Crippen LogP contribution in [0, 0.1) is 0 Å². The van der Waals surface area contributed by atoms with Crippen LogP contribution in [0.4, 0.5) is 4.79 Å². The number of carboxylic acids is 1. The van der Waals surface area contributed by atoms with Crippen molar-refractivity contribution in [1.82, 2.24) is 10.6 Å². The van der Waals surface area contributed by atoms with Crippen LogP contribution in [-0.4, -0.2) is 35.2 Å². The number of aliphatic carboxylic acids is 1. The van der Waals surface area contributed by atoms with Gasteiger partial charge in [0.15, 0.2) is 0 Å². The summed E-state index contributed by atoms with van der Waals surface area (Å²) in [6.07, 6.45) is 2.31. The standard InChI is InChI=1S/C14H20N2O3S/c1-10(11-6-4-3-5-7-11)15-14(19)16-12(13(17)18)8-9-20-2/h3-7,10,12H,8-9H2,1-2H3,(H,17,18)(H2,15,16,19)/t10?,12-/m1/s1. The van der Waals surface area contributed by atoms with Gasteiger partial charge in [-0.2, -0.15) is 11.8 Å². The molecule has 0 radical (unpaired) electrons. The van der Waals surface area contributed by atoms with Crippen molar-refractivity contribution in [1.29, 1.82) is 0 Å². The van der Waals surface area contributed by atoms with Gasteiger partial charge in [-0.1, -0.05) is 30.3 Å². The van der Waals surface area contributed by atoms with E-state index in [1.807, 2.05) is 43.5 Å². The highest BCUT2D eigenvalue weighted by molar-refractivity contribution is 7.98. The molecule has 2 amide bonds. The first-order valence-electron chi connectivity index (χ1n) is 6.38. The fraction of sp³-hybridized carbons (Fsp3) is 0.429. The van der Waals surface area contributed by atoms with E-state index in [1.165, 1.54) is 0 Å². The van der Waals surface area contributed by atoms with Crippen LogP contribution < -0.4 is 10.6 Å². The largest absolute Gasteiger partial charge is 0.480 e. The number of nitrogens with one attached hydrogen (secondary N) is 2. The molecule has 2 atom stereocenters. The van der Waals surface area contributed by atoms with Gasteiger partial charge in [-0.15, -0.1) is 0 Å². The number of urea groups is 1. The van der Waals surface area contributed by atoms with Gasteiger partial charge in [-0.3, -0.25) is 0 Å². The van der Waals surface area contributed by atoms with Gasteiger partial charge in [-0.05, 0) is 30.9 Å². The van der Waals surface area contributed by atoms with E-state index in [0.717, 1.165) is 5.56 Å². The summed E-state index contributed by atoms with van der Waals surface area (Å²) in [6, 6.07) is 8.01. The Morgan fingerprint density at radius 2 is 1.90 bits per heavy atom. The number of hydrogen-bond donors (Lipinski definition) is 3. The molecule has 6 heteroatoms. The van der Waals surface area contributed by atoms with Crippen LogP contribution in [0.3, 0.4) is 0 Å². The second-order valence-corrected chi connectivity index (χ2v) is 5.41. The van der Waals surface area contributed by atoms with Crippen molar-refractivity contribution in [2.45, 2.75) is 25.4 Å². The summed E-state index contributed by atoms with van der Waals surface area (Å²) in [5, 5.41) is 14.3. The molecule has 0 fully saturated rings. The fourth-order valence-corrected chi connectivity index (χ4v) is 2.19. The average Bonchev–Trinajstić information content (AvgIpc) is 2.44. The lowest BCUT2D eigenvalue weighted by Gasteiger charge is -2.18. The molecule has 1 aromatic rings. The molecular weight excluding hydrogens is 276 g/mol. The normalized spacial score (nSPS) is 13.3. The van der Waals surface area contributed by atoms with E-state index >= 15 is 0 Å². The lowest BCUT2D eigenvalue weighted by Crippen LogP contribution is -2.46. The molecule has 0 spiro atoms. The molecule has 0 aliphatic carbocycles. The van der Waals surface area contributed by atoms with E-state index in [1.54, 1.807) is 11.8 Å². The Morgan fingerprint density at radius 3 is 2.45 bits per heavy atom. The molecule has 20 heavy (non-hydrogen) atoms. The Hall–Kier alpha value is -1.69. The molecular formula is C14H20N2O3S. The van der Waals surface area contributed by atoms with E-state index < -0.39 is 18.0 Å². The van der Waals surface area contributed by atoms with E-state index in [9.17, 15) is 9.59 Å². The zero-order valence-electron chi connectivity index (χ0n) is 11.6. The van der Waals surface area contributed by atoms with Gasteiger partial charge in [0, 0.05) is 0 Å². The molecule has 1 rings (SSSR count). The molecule has 3 N–H and O–H groups in total. The number of amides is 2. The van der Waals surface area contributed by atoms with Gasteiger partial charge in [-0.25, -0.2) is 9.59 Å². The minimum atomic E-state index is -1.01. The Labute approximate surface area is 123 Å². The zero-order chi connectivity index (χ0) is 15.0. The summed E-state index contributed by atoms with van der Waals surface area (Å²) < 4.78 is 0. The van der Waals surface area contributed by atoms with Crippen LogP contribution in [0.15, 0.2) is 30.3 Å². The minimum absolute atomic E-state index is 0.175. The first kappa shape index (κ1) is 16.4. The topological polar surface area (TPSA) is 78.4 Å². The third-order valence-corrected chi connectivity index (χ3v) is 3.51. The second-order valence-electron chi connectivity index (χ2n) is 4.42. The number of carbonyl (C=O) groups excluding carboxylic acids is 1. The van der Waals surface area contributed by atoms with Gasteiger partial charge in [0.1, 0.15) is 6.04 Å². The van der Waals surface area contributed by atoms with Crippen molar-refractivity contribution >= 4 is 23.8 Å². The summed E-state index contributed by atoms with van der Waals surface area (Å²) in [5.74, 6) is -0.326. The van der Waals surface area contributed by atoms with Gasteiger partial charge in [0.05, 0.1) is 6.04 Å². The minimum Gasteiger partial charge on any atom is -0.480 e. The first-order valence-corrected chi connectivity index (χ1v) is 7.77. The van der Waals surface area contributed by atoms with E-state index in [4.69, 9.17) is 5.11 Å². The molecule has 0 saturated carbocycles. The van der Waals surface area contributed by atoms with Crippen molar-refractivity contribution in [3.05, 3.63) is 35.9 Å². The van der Waals surface area contributed by atoms with Crippen molar-refractivity contribution in [3.8, 4) is 0 Å². The number of benzene rings is 1. The highest BCUT2D eigenvalue weighted by Crippen LogP contribution is 2.10. The van der Waals surface area contributed by atoms with E-state index in [2.05, 4.69) is 10.6 Å². The molecule has 0 heterocycles. The average molecular weight is 296 g/mol. The van der Waals surface area contributed by atoms with Crippen molar-refractivity contribution in [3.63, 3.8) is 0 Å². The third kappa shape index (κ3) is 5.52. The quantitative estimate of drug-likeness (QED) is 0.721. The number of thioether (sulfide) groups is 1. The predicted octanol–water partition coefficient (Wildman–Crippen LogP) is 2.25. The van der Waals surface area contributed by atoms with Crippen molar-refractivity contribution in [2.24, 2.45) is 0 Å². The molecule has 5 nitrogen and oxygen atoms in total. The molecule has 1 aromatic carbocycles. The first-order chi connectivity index (χ1) is 9.54. The zero-order valence-corrected chi connectivity index (χ0v) is 12.4. The predicted molar refractivity (Wildman–Crippen MR) is 80.9 cm³/mol. The summed E-state index contributed by atoms with van der Waals surface area (Å²) in [7, 11) is 0. The molecule has 110 valence electrons. The second kappa shape index (κ2) is 8.47. The van der Waals surface area contributed by atoms with Crippen LogP contribution in [-0.2, 0) is 4.79 Å². The molecule has 0 aromatic heterocycles. The summed E-state index contributed by atoms with van der Waals surface area (Å²) in [6.45, 7) is 1.85. The molecule has 0 aliphatic rings. The van der Waals surface area contributed by atoms with Crippen LogP contribution in [0.1, 0.15) is 24.9 Å². The number of hydrogen-bond acceptors (Lipinski definition) is 3. The lowest BCUT2D eigenvalue weighted by molar-refractivity contribution is -0.139. The molecule has 0 aliphatic heterocycles. The molecule has 0 saturated heterocycles. The van der Waals surface area contributed by atoms with E-state index in [0.29, 0.717) is 12.2 Å². The Kier molecular flexibility index (Phi) is 6.93. The summed E-state index contributed by atoms with van der Waals surface area (Å²) in [5.41, 5.74) is 0.971. The maximum atomic E-state index is 11.8. The monoisotopic (exact) mass is 296 g/mol. The number of carboxylic acid groups (broad SMARTS) is 1. The van der Waals surface area contributed by atoms with Crippen molar-refractivity contribution < 1.29 is 14.7 Å². The van der Waals surface area contributed by atoms with E-state index in [-0.39, 0.29) is 6.04 Å². The SMILES string of the molecule is CSCC[C@@H](NC(=O)NC(C)c1ccccc1)C(=O)O. The highest BCUT2D eigenvalue weighted by Gasteiger charge is 2.20. The number of carbonyl (C=O) groups is 2. The Balaban J connectivity index is 2.51. The lowest BCUT2D eigenvalue weighted by atomic mass is 10.1. The molecule has 0 bridgehead atoms. The van der Waals surface area contributed by atoms with Crippen molar-refractivity contribution in [2.75, 3.05) is 12.0 Å². The maximum Gasteiger partial charge on any atom is 0.326 e. The van der Waals surface area contributed by atoms with Gasteiger partial charge in [0.25, 0.3) is 0 Å². The summed E-state index contributed by atoms with van der Waals surface area (Å²) in [4.78, 5) is 22.9.